The van der Waals surface area contributed by atoms with E-state index >= 15 is 0 Å². The highest BCUT2D eigenvalue weighted by Crippen LogP contribution is 2.37. The van der Waals surface area contributed by atoms with Crippen molar-refractivity contribution in [1.82, 2.24) is 10.3 Å². The average molecular weight is 342 g/mol. The number of hydrogen-bond acceptors (Lipinski definition) is 3. The summed E-state index contributed by atoms with van der Waals surface area (Å²) in [6, 6.07) is 2.76. The minimum atomic E-state index is -0.880. The van der Waals surface area contributed by atoms with E-state index in [4.69, 9.17) is 0 Å². The van der Waals surface area contributed by atoms with E-state index in [0.29, 0.717) is 11.1 Å². The summed E-state index contributed by atoms with van der Waals surface area (Å²) < 4.78 is 28.2. The Balaban J connectivity index is 2.28. The van der Waals surface area contributed by atoms with Crippen molar-refractivity contribution >= 4 is 32.5 Å². The Morgan fingerprint density at radius 2 is 1.95 bits per heavy atom. The molecule has 3 nitrogen and oxygen atoms in total. The van der Waals surface area contributed by atoms with E-state index in [9.17, 15) is 8.78 Å². The average Bonchev–Trinajstić information content (AvgIpc) is 2.46. The molecule has 1 aliphatic heterocycles. The van der Waals surface area contributed by atoms with Gasteiger partial charge in [-0.15, -0.1) is 0 Å². The van der Waals surface area contributed by atoms with E-state index in [1.54, 1.807) is 13.0 Å². The molecule has 0 amide bonds. The number of anilines is 1. The van der Waals surface area contributed by atoms with Gasteiger partial charge in [0.05, 0.1) is 15.9 Å². The molecule has 0 saturated carbocycles. The second-order valence-corrected chi connectivity index (χ2v) is 5.65. The molecule has 6 heteroatoms. The van der Waals surface area contributed by atoms with Crippen molar-refractivity contribution in [3.8, 4) is 0 Å². The Hall–Kier alpha value is -1.27. The van der Waals surface area contributed by atoms with Crippen molar-refractivity contribution in [3.05, 3.63) is 33.9 Å². The fourth-order valence-electron chi connectivity index (χ4n) is 2.54. The van der Waals surface area contributed by atoms with Crippen LogP contribution in [0.1, 0.15) is 5.69 Å². The lowest BCUT2D eigenvalue weighted by Gasteiger charge is -2.31. The minimum absolute atomic E-state index is 0.0965. The number of hydrogen-bond donors (Lipinski definition) is 1. The number of piperazine rings is 1. The van der Waals surface area contributed by atoms with Gasteiger partial charge in [0.1, 0.15) is 5.52 Å². The van der Waals surface area contributed by atoms with E-state index in [2.05, 4.69) is 31.1 Å². The van der Waals surface area contributed by atoms with Crippen LogP contribution in [0, 0.1) is 18.6 Å². The smallest absolute Gasteiger partial charge is 0.185 e. The zero-order valence-electron chi connectivity index (χ0n) is 11.0. The summed E-state index contributed by atoms with van der Waals surface area (Å²) in [5, 5.41) is 3.92. The molecular weight excluding hydrogens is 328 g/mol. The molecular formula is C14H14BrF2N3. The fourth-order valence-corrected chi connectivity index (χ4v) is 3.10. The molecule has 2 heterocycles. The van der Waals surface area contributed by atoms with Crippen molar-refractivity contribution < 1.29 is 8.78 Å². The van der Waals surface area contributed by atoms with Crippen LogP contribution in [0.2, 0.25) is 0 Å². The van der Waals surface area contributed by atoms with Gasteiger partial charge in [-0.3, -0.25) is 0 Å². The summed E-state index contributed by atoms with van der Waals surface area (Å²) in [5.74, 6) is -1.74. The van der Waals surface area contributed by atoms with Crippen molar-refractivity contribution in [2.45, 2.75) is 6.92 Å². The molecule has 0 radical (unpaired) electrons. The molecule has 1 fully saturated rings. The highest BCUT2D eigenvalue weighted by atomic mass is 79.9. The van der Waals surface area contributed by atoms with Gasteiger partial charge in [-0.2, -0.15) is 0 Å². The lowest BCUT2D eigenvalue weighted by Crippen LogP contribution is -2.43. The number of pyridine rings is 1. The number of aryl methyl sites for hydroxylation is 1. The normalized spacial score (nSPS) is 15.9. The van der Waals surface area contributed by atoms with Gasteiger partial charge < -0.3 is 10.2 Å². The molecule has 2 aromatic rings. The van der Waals surface area contributed by atoms with Gasteiger partial charge in [0.25, 0.3) is 0 Å². The summed E-state index contributed by atoms with van der Waals surface area (Å²) in [5.41, 5.74) is 1.66. The first-order valence-corrected chi connectivity index (χ1v) is 7.28. The Morgan fingerprint density at radius 3 is 2.65 bits per heavy atom. The van der Waals surface area contributed by atoms with Crippen LogP contribution >= 0.6 is 15.9 Å². The summed E-state index contributed by atoms with van der Waals surface area (Å²) in [6.07, 6.45) is 0. The first-order chi connectivity index (χ1) is 9.59. The topological polar surface area (TPSA) is 28.2 Å². The molecule has 1 aliphatic rings. The van der Waals surface area contributed by atoms with Gasteiger partial charge in [0, 0.05) is 31.6 Å². The standard InChI is InChI=1S/C14H14BrF2N3/c1-8-11(15)14(20-6-4-18-5-7-20)9-2-3-10(16)12(17)13(9)19-8/h2-3,18H,4-7H2,1H3. The van der Waals surface area contributed by atoms with Gasteiger partial charge in [0.2, 0.25) is 0 Å². The van der Waals surface area contributed by atoms with Crippen LogP contribution < -0.4 is 10.2 Å². The lowest BCUT2D eigenvalue weighted by atomic mass is 10.1. The minimum Gasteiger partial charge on any atom is -0.367 e. The first kappa shape index (κ1) is 13.7. The molecule has 1 saturated heterocycles. The molecule has 106 valence electrons. The van der Waals surface area contributed by atoms with Crippen LogP contribution in [-0.4, -0.2) is 31.2 Å². The third-order valence-corrected chi connectivity index (χ3v) is 4.51. The van der Waals surface area contributed by atoms with Gasteiger partial charge in [0.15, 0.2) is 11.6 Å². The molecule has 3 rings (SSSR count). The van der Waals surface area contributed by atoms with E-state index < -0.39 is 11.6 Å². The Bertz CT molecular complexity index is 669. The molecule has 0 spiro atoms. The fraction of sp³-hybridized carbons (Fsp3) is 0.357. The van der Waals surface area contributed by atoms with Gasteiger partial charge in [-0.25, -0.2) is 13.8 Å². The maximum Gasteiger partial charge on any atom is 0.185 e. The third kappa shape index (κ3) is 2.16. The highest BCUT2D eigenvalue weighted by Gasteiger charge is 2.21. The third-order valence-electron chi connectivity index (χ3n) is 3.56. The maximum absolute atomic E-state index is 14.0. The second kappa shape index (κ2) is 5.26. The number of halogens is 3. The van der Waals surface area contributed by atoms with Gasteiger partial charge in [-0.1, -0.05) is 0 Å². The van der Waals surface area contributed by atoms with Gasteiger partial charge in [-0.05, 0) is 35.0 Å². The molecule has 0 unspecified atom stereocenters. The molecule has 0 bridgehead atoms. The first-order valence-electron chi connectivity index (χ1n) is 6.49. The molecule has 0 aliphatic carbocycles. The SMILES string of the molecule is Cc1nc2c(F)c(F)ccc2c(N2CCNCC2)c1Br. The highest BCUT2D eigenvalue weighted by molar-refractivity contribution is 9.10. The van der Waals surface area contributed by atoms with E-state index in [-0.39, 0.29) is 5.52 Å². The van der Waals surface area contributed by atoms with E-state index in [1.165, 1.54) is 0 Å². The summed E-state index contributed by atoms with van der Waals surface area (Å²) in [7, 11) is 0. The van der Waals surface area contributed by atoms with Crippen molar-refractivity contribution in [3.63, 3.8) is 0 Å². The summed E-state index contributed by atoms with van der Waals surface area (Å²) in [4.78, 5) is 6.36. The van der Waals surface area contributed by atoms with Crippen LogP contribution in [-0.2, 0) is 0 Å². The molecule has 1 N–H and O–H groups in total. The van der Waals surface area contributed by atoms with Crippen molar-refractivity contribution in [2.24, 2.45) is 0 Å². The van der Waals surface area contributed by atoms with Gasteiger partial charge >= 0.3 is 0 Å². The zero-order chi connectivity index (χ0) is 14.3. The number of benzene rings is 1. The number of fused-ring (bicyclic) bond motifs is 1. The van der Waals surface area contributed by atoms with Crippen molar-refractivity contribution in [2.75, 3.05) is 31.1 Å². The Labute approximate surface area is 124 Å². The summed E-state index contributed by atoms with van der Waals surface area (Å²) in [6.45, 7) is 5.20. The van der Waals surface area contributed by atoms with Crippen LogP contribution in [0.5, 0.6) is 0 Å². The molecule has 1 aromatic carbocycles. The van der Waals surface area contributed by atoms with E-state index in [0.717, 1.165) is 42.4 Å². The van der Waals surface area contributed by atoms with Crippen LogP contribution in [0.25, 0.3) is 10.9 Å². The number of nitrogens with one attached hydrogen (secondary N) is 1. The van der Waals surface area contributed by atoms with E-state index in [1.807, 2.05) is 0 Å². The monoisotopic (exact) mass is 341 g/mol. The number of aromatic nitrogens is 1. The zero-order valence-corrected chi connectivity index (χ0v) is 12.6. The predicted molar refractivity (Wildman–Crippen MR) is 79.2 cm³/mol. The van der Waals surface area contributed by atoms with Crippen LogP contribution in [0.15, 0.2) is 16.6 Å². The lowest BCUT2D eigenvalue weighted by molar-refractivity contribution is 0.515. The molecule has 20 heavy (non-hydrogen) atoms. The predicted octanol–water partition coefficient (Wildman–Crippen LogP) is 2.99. The maximum atomic E-state index is 14.0. The molecule has 1 aromatic heterocycles. The van der Waals surface area contributed by atoms with Crippen molar-refractivity contribution in [1.29, 1.82) is 0 Å². The molecule has 0 atom stereocenters. The van der Waals surface area contributed by atoms with Crippen LogP contribution in [0.4, 0.5) is 14.5 Å². The number of nitrogens with zero attached hydrogens (tertiary/aromatic N) is 2. The second-order valence-electron chi connectivity index (χ2n) is 4.85. The summed E-state index contributed by atoms with van der Waals surface area (Å²) >= 11 is 3.54. The van der Waals surface area contributed by atoms with Crippen LogP contribution in [0.3, 0.4) is 0 Å². The largest absolute Gasteiger partial charge is 0.367 e. The Kier molecular flexibility index (Phi) is 3.60. The Morgan fingerprint density at radius 1 is 1.25 bits per heavy atom. The number of rotatable bonds is 1. The quantitative estimate of drug-likeness (QED) is 0.864.